The molecular formula is C56H95NO5. The van der Waals surface area contributed by atoms with Crippen molar-refractivity contribution in [3.8, 4) is 0 Å². The molecule has 0 aromatic heterocycles. The summed E-state index contributed by atoms with van der Waals surface area (Å²) < 4.78 is 5.81. The number of rotatable bonds is 44. The number of carbonyl (C=O) groups is 2. The van der Waals surface area contributed by atoms with Gasteiger partial charge in [-0.15, -0.1) is 0 Å². The minimum atomic E-state index is -0.825. The summed E-state index contributed by atoms with van der Waals surface area (Å²) in [5, 5.41) is 23.6. The van der Waals surface area contributed by atoms with Gasteiger partial charge in [0.25, 0.3) is 0 Å². The van der Waals surface area contributed by atoms with Crippen LogP contribution in [0.3, 0.4) is 0 Å². The maximum absolute atomic E-state index is 13.1. The number of hydrogen-bond donors (Lipinski definition) is 3. The van der Waals surface area contributed by atoms with Gasteiger partial charge in [-0.25, -0.2) is 0 Å². The molecule has 0 heterocycles. The van der Waals surface area contributed by atoms with Gasteiger partial charge in [0, 0.05) is 6.42 Å². The van der Waals surface area contributed by atoms with Crippen LogP contribution < -0.4 is 5.32 Å². The molecule has 0 aromatic carbocycles. The van der Waals surface area contributed by atoms with Crippen molar-refractivity contribution in [2.24, 2.45) is 0 Å². The minimum absolute atomic E-state index is 0.0564. The summed E-state index contributed by atoms with van der Waals surface area (Å²) in [5.41, 5.74) is 0. The van der Waals surface area contributed by atoms with Crippen LogP contribution in [0.2, 0.25) is 0 Å². The van der Waals surface area contributed by atoms with E-state index in [-0.39, 0.29) is 24.9 Å². The Labute approximate surface area is 382 Å². The van der Waals surface area contributed by atoms with E-state index in [0.717, 1.165) is 89.9 Å². The van der Waals surface area contributed by atoms with Crippen LogP contribution in [0.15, 0.2) is 97.2 Å². The predicted molar refractivity (Wildman–Crippen MR) is 268 cm³/mol. The summed E-state index contributed by atoms with van der Waals surface area (Å²) in [5.74, 6) is -0.651. The van der Waals surface area contributed by atoms with E-state index in [0.29, 0.717) is 19.3 Å². The number of unbranched alkanes of at least 4 members (excludes halogenated alkanes) is 18. The Kier molecular flexibility index (Phi) is 46.3. The second-order valence-corrected chi connectivity index (χ2v) is 16.8. The van der Waals surface area contributed by atoms with Gasteiger partial charge in [-0.2, -0.15) is 0 Å². The lowest BCUT2D eigenvalue weighted by Gasteiger charge is -2.23. The summed E-state index contributed by atoms with van der Waals surface area (Å²) in [6.07, 6.45) is 65.0. The molecule has 0 saturated heterocycles. The molecule has 0 spiro atoms. The van der Waals surface area contributed by atoms with Crippen molar-refractivity contribution in [3.05, 3.63) is 97.2 Å². The van der Waals surface area contributed by atoms with Crippen molar-refractivity contribution >= 4 is 11.9 Å². The SMILES string of the molecule is CC/C=C/C/C=C/C/C=C/C/C=C/C/C=C/C(CC(=O)NC(CO)C(O)CCCCCCCCCCCC)OC(=O)CCCCCCCC/C=C\C/C=C\C/C=C\CCCCC. The summed E-state index contributed by atoms with van der Waals surface area (Å²) >= 11 is 0. The molecule has 0 rings (SSSR count). The first-order chi connectivity index (χ1) is 30.5. The number of amides is 1. The van der Waals surface area contributed by atoms with Crippen molar-refractivity contribution in [1.29, 1.82) is 0 Å². The van der Waals surface area contributed by atoms with Crippen molar-refractivity contribution in [2.75, 3.05) is 6.61 Å². The number of ether oxygens (including phenoxy) is 1. The molecule has 1 amide bonds. The second kappa shape index (κ2) is 48.8. The second-order valence-electron chi connectivity index (χ2n) is 16.8. The number of nitrogens with one attached hydrogen (secondary N) is 1. The molecule has 3 N–H and O–H groups in total. The Morgan fingerprint density at radius 3 is 1.40 bits per heavy atom. The zero-order chi connectivity index (χ0) is 45.2. The molecule has 62 heavy (non-hydrogen) atoms. The molecule has 0 radical (unpaired) electrons. The molecule has 0 aliphatic carbocycles. The molecule has 354 valence electrons. The van der Waals surface area contributed by atoms with Crippen molar-refractivity contribution in [2.45, 2.75) is 238 Å². The monoisotopic (exact) mass is 862 g/mol. The lowest BCUT2D eigenvalue weighted by molar-refractivity contribution is -0.148. The van der Waals surface area contributed by atoms with E-state index in [1.807, 2.05) is 6.08 Å². The summed E-state index contributed by atoms with van der Waals surface area (Å²) in [4.78, 5) is 26.1. The van der Waals surface area contributed by atoms with Gasteiger partial charge in [0.2, 0.25) is 5.91 Å². The van der Waals surface area contributed by atoms with Crippen LogP contribution in [0, 0.1) is 0 Å². The third kappa shape index (κ3) is 43.4. The average molecular weight is 862 g/mol. The lowest BCUT2D eigenvalue weighted by atomic mass is 10.0. The van der Waals surface area contributed by atoms with Gasteiger partial charge in [-0.1, -0.05) is 215 Å². The zero-order valence-electron chi connectivity index (χ0n) is 40.2. The molecular weight excluding hydrogens is 767 g/mol. The lowest BCUT2D eigenvalue weighted by Crippen LogP contribution is -2.46. The van der Waals surface area contributed by atoms with Crippen LogP contribution in [0.4, 0.5) is 0 Å². The van der Waals surface area contributed by atoms with E-state index in [1.165, 1.54) is 83.5 Å². The maximum Gasteiger partial charge on any atom is 0.306 e. The van der Waals surface area contributed by atoms with Crippen LogP contribution in [0.25, 0.3) is 0 Å². The van der Waals surface area contributed by atoms with E-state index >= 15 is 0 Å². The first-order valence-corrected chi connectivity index (χ1v) is 25.5. The highest BCUT2D eigenvalue weighted by atomic mass is 16.5. The summed E-state index contributed by atoms with van der Waals surface area (Å²) in [6.45, 7) is 6.28. The zero-order valence-corrected chi connectivity index (χ0v) is 40.2. The highest BCUT2D eigenvalue weighted by Crippen LogP contribution is 2.15. The highest BCUT2D eigenvalue weighted by molar-refractivity contribution is 5.78. The third-order valence-corrected chi connectivity index (χ3v) is 10.9. The van der Waals surface area contributed by atoms with Gasteiger partial charge in [0.05, 0.1) is 25.2 Å². The summed E-state index contributed by atoms with van der Waals surface area (Å²) in [7, 11) is 0. The Morgan fingerprint density at radius 1 is 0.500 bits per heavy atom. The normalized spacial score (nSPS) is 14.1. The van der Waals surface area contributed by atoms with E-state index < -0.39 is 18.2 Å². The van der Waals surface area contributed by atoms with Gasteiger partial charge in [0.15, 0.2) is 0 Å². The Balaban J connectivity index is 4.73. The Morgan fingerprint density at radius 2 is 0.903 bits per heavy atom. The number of hydrogen-bond acceptors (Lipinski definition) is 5. The van der Waals surface area contributed by atoms with Crippen LogP contribution in [0.5, 0.6) is 0 Å². The molecule has 0 aliphatic heterocycles. The Hall–Kier alpha value is -3.22. The van der Waals surface area contributed by atoms with Gasteiger partial charge >= 0.3 is 5.97 Å². The molecule has 6 heteroatoms. The van der Waals surface area contributed by atoms with Crippen molar-refractivity contribution < 1.29 is 24.5 Å². The smallest absolute Gasteiger partial charge is 0.306 e. The molecule has 0 saturated carbocycles. The minimum Gasteiger partial charge on any atom is -0.458 e. The fourth-order valence-corrected chi connectivity index (χ4v) is 7.04. The molecule has 0 aromatic rings. The molecule has 3 atom stereocenters. The van der Waals surface area contributed by atoms with Crippen molar-refractivity contribution in [1.82, 2.24) is 5.32 Å². The summed E-state index contributed by atoms with van der Waals surface area (Å²) in [6, 6.07) is -0.749. The van der Waals surface area contributed by atoms with Gasteiger partial charge in [-0.05, 0) is 89.5 Å². The fraction of sp³-hybridized carbons (Fsp3) is 0.679. The van der Waals surface area contributed by atoms with E-state index in [4.69, 9.17) is 4.74 Å². The standard InChI is InChI=1S/C56H95NO5/c1-4-7-10-13-16-19-22-24-26-27-28-29-30-32-34-37-40-43-46-49-56(61)62-52(47-44-41-38-35-33-31-25-23-20-17-14-11-8-5-2)50-55(60)57-53(51-58)54(59)48-45-42-39-36-21-18-15-12-9-6-3/h8,11,16-17,19-20,24-26,28-29,31,35,38,44,47,52-54,58-59H,4-7,9-10,12-15,18,21-23,27,30,32-34,36-37,39-43,45-46,48-51H2,1-3H3,(H,57,60)/b11-8+,19-16-,20-17+,26-24-,29-28-,31-25+,38-35+,47-44+. The third-order valence-electron chi connectivity index (χ3n) is 10.9. The first kappa shape index (κ1) is 58.8. The number of allylic oxidation sites excluding steroid dienone is 15. The van der Waals surface area contributed by atoms with Gasteiger partial charge in [0.1, 0.15) is 6.10 Å². The fourth-order valence-electron chi connectivity index (χ4n) is 7.04. The largest absolute Gasteiger partial charge is 0.458 e. The Bertz CT molecular complexity index is 1240. The van der Waals surface area contributed by atoms with E-state index in [2.05, 4.69) is 111 Å². The number of aliphatic hydroxyl groups excluding tert-OH is 2. The molecule has 0 fully saturated rings. The first-order valence-electron chi connectivity index (χ1n) is 25.5. The highest BCUT2D eigenvalue weighted by Gasteiger charge is 2.23. The quantitative estimate of drug-likeness (QED) is 0.0322. The van der Waals surface area contributed by atoms with Crippen LogP contribution in [0.1, 0.15) is 220 Å². The number of carbonyl (C=O) groups excluding carboxylic acids is 2. The van der Waals surface area contributed by atoms with E-state index in [1.54, 1.807) is 6.08 Å². The van der Waals surface area contributed by atoms with E-state index in [9.17, 15) is 19.8 Å². The molecule has 6 nitrogen and oxygen atoms in total. The topological polar surface area (TPSA) is 95.9 Å². The van der Waals surface area contributed by atoms with Crippen LogP contribution in [-0.2, 0) is 14.3 Å². The van der Waals surface area contributed by atoms with Gasteiger partial charge < -0.3 is 20.3 Å². The average Bonchev–Trinajstić information content (AvgIpc) is 3.26. The maximum atomic E-state index is 13.1. The van der Waals surface area contributed by atoms with Crippen molar-refractivity contribution in [3.63, 3.8) is 0 Å². The predicted octanol–water partition coefficient (Wildman–Crippen LogP) is 15.3. The van der Waals surface area contributed by atoms with Crippen LogP contribution in [-0.4, -0.2) is 46.9 Å². The molecule has 0 aliphatic rings. The van der Waals surface area contributed by atoms with Gasteiger partial charge in [-0.3, -0.25) is 9.59 Å². The molecule has 0 bridgehead atoms. The number of aliphatic hydroxyl groups is 2. The molecule has 3 unspecified atom stereocenters. The number of esters is 1. The van der Waals surface area contributed by atoms with Crippen LogP contribution >= 0.6 is 0 Å².